The Bertz CT molecular complexity index is 374. The average Bonchev–Trinajstić information content (AvgIpc) is 2.10. The molecule has 0 fully saturated rings. The lowest BCUT2D eigenvalue weighted by Gasteiger charge is -2.09. The normalized spacial score (nSPS) is 11.3. The van der Waals surface area contributed by atoms with E-state index in [2.05, 4.69) is 5.10 Å². The van der Waals surface area contributed by atoms with Gasteiger partial charge in [-0.3, -0.25) is 0 Å². The molecule has 5 heteroatoms. The second-order valence-electron chi connectivity index (χ2n) is 3.36. The molecule has 1 aromatic carbocycles. The number of ether oxygens (including phenoxy) is 1. The molecule has 0 aliphatic heterocycles. The van der Waals surface area contributed by atoms with E-state index in [1.807, 2.05) is 32.0 Å². The highest BCUT2D eigenvalue weighted by Gasteiger charge is 2.00. The maximum Gasteiger partial charge on any atom is 0.310 e. The molecule has 0 radical (unpaired) electrons. The van der Waals surface area contributed by atoms with Gasteiger partial charge in [0, 0.05) is 7.05 Å². The molecule has 0 atom stereocenters. The summed E-state index contributed by atoms with van der Waals surface area (Å²) >= 11 is 0. The molecule has 0 saturated carbocycles. The summed E-state index contributed by atoms with van der Waals surface area (Å²) in [4.78, 5) is 0. The molecular weight excluding hydrogens is 192 g/mol. The van der Waals surface area contributed by atoms with Crippen LogP contribution in [0.15, 0.2) is 23.3 Å². The van der Waals surface area contributed by atoms with Gasteiger partial charge in [0.2, 0.25) is 0 Å². The Morgan fingerprint density at radius 2 is 2.00 bits per heavy atom. The number of benzene rings is 1. The summed E-state index contributed by atoms with van der Waals surface area (Å²) < 4.78 is 5.27. The zero-order valence-corrected chi connectivity index (χ0v) is 9.19. The Morgan fingerprint density at radius 1 is 1.33 bits per heavy atom. The SMILES string of the molecule is Cc1ccc(O/C(N)=N/N(C)N)cc1C. The van der Waals surface area contributed by atoms with Gasteiger partial charge in [-0.15, -0.1) is 5.10 Å². The number of aryl methyl sites for hydroxylation is 2. The number of hydrazine groups is 1. The zero-order chi connectivity index (χ0) is 11.4. The maximum atomic E-state index is 5.50. The van der Waals surface area contributed by atoms with E-state index >= 15 is 0 Å². The molecule has 0 aromatic heterocycles. The molecule has 4 N–H and O–H groups in total. The molecule has 0 unspecified atom stereocenters. The number of hydrogen-bond acceptors (Lipinski definition) is 4. The third-order valence-electron chi connectivity index (χ3n) is 1.96. The molecule has 1 aromatic rings. The molecule has 0 bridgehead atoms. The van der Waals surface area contributed by atoms with E-state index in [4.69, 9.17) is 16.3 Å². The first-order valence-electron chi connectivity index (χ1n) is 4.56. The predicted molar refractivity (Wildman–Crippen MR) is 60.1 cm³/mol. The summed E-state index contributed by atoms with van der Waals surface area (Å²) in [7, 11) is 1.57. The van der Waals surface area contributed by atoms with Crippen molar-refractivity contribution in [3.05, 3.63) is 29.3 Å². The van der Waals surface area contributed by atoms with Crippen molar-refractivity contribution in [2.75, 3.05) is 7.05 Å². The van der Waals surface area contributed by atoms with Gasteiger partial charge in [0.15, 0.2) is 0 Å². The minimum Gasteiger partial charge on any atom is -0.425 e. The lowest BCUT2D eigenvalue weighted by atomic mass is 10.1. The van der Waals surface area contributed by atoms with E-state index in [0.717, 1.165) is 10.7 Å². The van der Waals surface area contributed by atoms with Gasteiger partial charge >= 0.3 is 6.02 Å². The monoisotopic (exact) mass is 208 g/mol. The molecular formula is C10H16N4O. The molecule has 1 rings (SSSR count). The van der Waals surface area contributed by atoms with Gasteiger partial charge in [-0.1, -0.05) is 6.07 Å². The fraction of sp³-hybridized carbons (Fsp3) is 0.300. The average molecular weight is 208 g/mol. The summed E-state index contributed by atoms with van der Waals surface area (Å²) in [6.45, 7) is 4.04. The van der Waals surface area contributed by atoms with Crippen molar-refractivity contribution < 1.29 is 4.74 Å². The quantitative estimate of drug-likeness (QED) is 0.325. The molecule has 82 valence electrons. The molecule has 0 saturated heterocycles. The second-order valence-corrected chi connectivity index (χ2v) is 3.36. The van der Waals surface area contributed by atoms with E-state index in [0.29, 0.717) is 5.75 Å². The van der Waals surface area contributed by atoms with Crippen LogP contribution in [0.2, 0.25) is 0 Å². The minimum absolute atomic E-state index is 0.0169. The first kappa shape index (κ1) is 11.3. The van der Waals surface area contributed by atoms with Gasteiger partial charge in [-0.05, 0) is 37.1 Å². The number of rotatable bonds is 2. The first-order chi connectivity index (χ1) is 6.99. The Hall–Kier alpha value is -1.75. The Kier molecular flexibility index (Phi) is 3.51. The minimum atomic E-state index is 0.0169. The largest absolute Gasteiger partial charge is 0.425 e. The maximum absolute atomic E-state index is 5.50. The summed E-state index contributed by atoms with van der Waals surface area (Å²) in [5.41, 5.74) is 7.84. The number of nitrogens with two attached hydrogens (primary N) is 2. The second kappa shape index (κ2) is 4.65. The summed E-state index contributed by atoms with van der Waals surface area (Å²) in [5, 5.41) is 4.80. The van der Waals surface area contributed by atoms with Gasteiger partial charge in [-0.2, -0.15) is 0 Å². The highest BCUT2D eigenvalue weighted by Crippen LogP contribution is 2.16. The molecule has 0 heterocycles. The van der Waals surface area contributed by atoms with Crippen LogP contribution in [0, 0.1) is 13.8 Å². The van der Waals surface area contributed by atoms with Crippen molar-refractivity contribution in [1.82, 2.24) is 5.12 Å². The van der Waals surface area contributed by atoms with Crippen LogP contribution in [0.1, 0.15) is 11.1 Å². The van der Waals surface area contributed by atoms with Crippen LogP contribution in [0.5, 0.6) is 5.75 Å². The van der Waals surface area contributed by atoms with Crippen LogP contribution >= 0.6 is 0 Å². The van der Waals surface area contributed by atoms with Crippen molar-refractivity contribution in [1.29, 1.82) is 0 Å². The number of hydrazone groups is 1. The first-order valence-corrected chi connectivity index (χ1v) is 4.56. The Morgan fingerprint density at radius 3 is 2.53 bits per heavy atom. The van der Waals surface area contributed by atoms with Gasteiger partial charge in [0.05, 0.1) is 0 Å². The van der Waals surface area contributed by atoms with Crippen LogP contribution in [0.4, 0.5) is 0 Å². The van der Waals surface area contributed by atoms with Gasteiger partial charge < -0.3 is 10.5 Å². The van der Waals surface area contributed by atoms with Gasteiger partial charge in [0.1, 0.15) is 5.75 Å². The topological polar surface area (TPSA) is 76.9 Å². The van der Waals surface area contributed by atoms with Gasteiger partial charge in [0.25, 0.3) is 0 Å². The van der Waals surface area contributed by atoms with Crippen LogP contribution in [0.25, 0.3) is 0 Å². The third kappa shape index (κ3) is 3.47. The Balaban J connectivity index is 2.77. The van der Waals surface area contributed by atoms with Crippen LogP contribution in [0.3, 0.4) is 0 Å². The predicted octanol–water partition coefficient (Wildman–Crippen LogP) is 0.717. The zero-order valence-electron chi connectivity index (χ0n) is 9.19. The fourth-order valence-electron chi connectivity index (χ4n) is 1.07. The lowest BCUT2D eigenvalue weighted by Crippen LogP contribution is -2.28. The highest BCUT2D eigenvalue weighted by atomic mass is 16.5. The summed E-state index contributed by atoms with van der Waals surface area (Å²) in [6, 6.07) is 5.71. The molecule has 0 amide bonds. The van der Waals surface area contributed by atoms with Crippen molar-refractivity contribution >= 4 is 6.02 Å². The fourth-order valence-corrected chi connectivity index (χ4v) is 1.07. The summed E-state index contributed by atoms with van der Waals surface area (Å²) in [5.74, 6) is 5.94. The highest BCUT2D eigenvalue weighted by molar-refractivity contribution is 5.73. The van der Waals surface area contributed by atoms with Crippen molar-refractivity contribution in [3.8, 4) is 5.75 Å². The Labute approximate surface area is 89.3 Å². The molecule has 15 heavy (non-hydrogen) atoms. The number of amidine groups is 1. The van der Waals surface area contributed by atoms with Crippen molar-refractivity contribution in [2.24, 2.45) is 16.7 Å². The third-order valence-corrected chi connectivity index (χ3v) is 1.96. The van der Waals surface area contributed by atoms with E-state index in [-0.39, 0.29) is 6.02 Å². The molecule has 0 spiro atoms. The summed E-state index contributed by atoms with van der Waals surface area (Å²) in [6.07, 6.45) is 0. The lowest BCUT2D eigenvalue weighted by molar-refractivity contribution is 0.355. The van der Waals surface area contributed by atoms with Crippen molar-refractivity contribution in [2.45, 2.75) is 13.8 Å². The van der Waals surface area contributed by atoms with E-state index in [9.17, 15) is 0 Å². The van der Waals surface area contributed by atoms with Crippen LogP contribution in [-0.4, -0.2) is 18.2 Å². The van der Waals surface area contributed by atoms with E-state index < -0.39 is 0 Å². The van der Waals surface area contributed by atoms with E-state index in [1.54, 1.807) is 7.05 Å². The van der Waals surface area contributed by atoms with Crippen LogP contribution < -0.4 is 16.3 Å². The standard InChI is InChI=1S/C10H16N4O/c1-7-4-5-9(6-8(7)2)15-10(11)13-14(3)12/h4-6H,12H2,1-3H3,(H2,11,13). The number of hydrogen-bond donors (Lipinski definition) is 2. The number of nitrogens with zero attached hydrogens (tertiary/aromatic N) is 2. The molecule has 0 aliphatic rings. The smallest absolute Gasteiger partial charge is 0.310 e. The van der Waals surface area contributed by atoms with Crippen LogP contribution in [-0.2, 0) is 0 Å². The van der Waals surface area contributed by atoms with Gasteiger partial charge in [-0.25, -0.2) is 11.0 Å². The molecule has 5 nitrogen and oxygen atoms in total. The van der Waals surface area contributed by atoms with Crippen molar-refractivity contribution in [3.63, 3.8) is 0 Å². The molecule has 0 aliphatic carbocycles. The van der Waals surface area contributed by atoms with E-state index in [1.165, 1.54) is 5.56 Å².